The topological polar surface area (TPSA) is 53.2 Å². The lowest BCUT2D eigenvalue weighted by atomic mass is 10.1. The molecule has 0 saturated carbocycles. The molecule has 74 valence electrons. The van der Waals surface area contributed by atoms with E-state index in [1.807, 2.05) is 6.07 Å². The molecule has 0 aliphatic carbocycles. The summed E-state index contributed by atoms with van der Waals surface area (Å²) >= 11 is 5.77. The molecule has 0 spiro atoms. The highest BCUT2D eigenvalue weighted by atomic mass is 35.5. The van der Waals surface area contributed by atoms with Crippen molar-refractivity contribution >= 4 is 11.6 Å². The van der Waals surface area contributed by atoms with Gasteiger partial charge in [-0.2, -0.15) is 5.26 Å². The molecular formula is C10H10ClNO2. The predicted octanol–water partition coefficient (Wildman–Crippen LogP) is 1.91. The molecule has 0 heterocycles. The highest BCUT2D eigenvalue weighted by molar-refractivity contribution is 6.30. The van der Waals surface area contributed by atoms with E-state index in [-0.39, 0.29) is 13.2 Å². The molecule has 0 amide bonds. The molecule has 1 rings (SSSR count). The molecular weight excluding hydrogens is 202 g/mol. The fourth-order valence-electron chi connectivity index (χ4n) is 1.05. The summed E-state index contributed by atoms with van der Waals surface area (Å²) in [7, 11) is 0. The Morgan fingerprint density at radius 1 is 1.57 bits per heavy atom. The second kappa shape index (κ2) is 5.61. The summed E-state index contributed by atoms with van der Waals surface area (Å²) in [6.07, 6.45) is -0.666. The van der Waals surface area contributed by atoms with Crippen molar-refractivity contribution in [3.8, 4) is 6.07 Å². The molecule has 0 bridgehead atoms. The number of nitrogens with zero attached hydrogens (tertiary/aromatic N) is 1. The minimum Gasteiger partial charge on any atom is -0.394 e. The van der Waals surface area contributed by atoms with Gasteiger partial charge in [0, 0.05) is 5.02 Å². The Morgan fingerprint density at radius 2 is 2.36 bits per heavy atom. The Bertz CT molecular complexity index is 335. The maximum Gasteiger partial charge on any atom is 0.169 e. The van der Waals surface area contributed by atoms with E-state index in [1.165, 1.54) is 0 Å². The molecule has 1 atom stereocenters. The number of aliphatic hydroxyl groups is 1. The molecule has 3 nitrogen and oxygen atoms in total. The van der Waals surface area contributed by atoms with Crippen LogP contribution in [0.5, 0.6) is 0 Å². The van der Waals surface area contributed by atoms with Gasteiger partial charge in [0.25, 0.3) is 0 Å². The maximum absolute atomic E-state index is 8.80. The van der Waals surface area contributed by atoms with Gasteiger partial charge in [0.05, 0.1) is 19.3 Å². The van der Waals surface area contributed by atoms with Gasteiger partial charge in [-0.3, -0.25) is 0 Å². The lowest BCUT2D eigenvalue weighted by Gasteiger charge is -2.09. The van der Waals surface area contributed by atoms with E-state index < -0.39 is 6.10 Å². The highest BCUT2D eigenvalue weighted by Gasteiger charge is 2.10. The fraction of sp³-hybridized carbons (Fsp3) is 0.300. The van der Waals surface area contributed by atoms with Crippen molar-refractivity contribution in [3.05, 3.63) is 34.9 Å². The second-order valence-electron chi connectivity index (χ2n) is 2.66. The van der Waals surface area contributed by atoms with Crippen LogP contribution < -0.4 is 0 Å². The van der Waals surface area contributed by atoms with Crippen LogP contribution in [0.15, 0.2) is 24.3 Å². The van der Waals surface area contributed by atoms with E-state index in [0.29, 0.717) is 10.6 Å². The fourth-order valence-corrected chi connectivity index (χ4v) is 1.25. The molecule has 14 heavy (non-hydrogen) atoms. The van der Waals surface area contributed by atoms with Crippen molar-refractivity contribution in [1.82, 2.24) is 0 Å². The van der Waals surface area contributed by atoms with Crippen molar-refractivity contribution in [2.75, 3.05) is 13.2 Å². The summed E-state index contributed by atoms with van der Waals surface area (Å²) in [5, 5.41) is 17.9. The molecule has 1 unspecified atom stereocenters. The third-order valence-electron chi connectivity index (χ3n) is 1.64. The van der Waals surface area contributed by atoms with Crippen LogP contribution in [0.3, 0.4) is 0 Å². The Hall–Kier alpha value is -1.08. The summed E-state index contributed by atoms with van der Waals surface area (Å²) in [6.45, 7) is 0.0451. The van der Waals surface area contributed by atoms with Crippen LogP contribution in [0, 0.1) is 11.3 Å². The van der Waals surface area contributed by atoms with Gasteiger partial charge in [-0.25, -0.2) is 0 Å². The van der Waals surface area contributed by atoms with Gasteiger partial charge in [0.1, 0.15) is 0 Å². The monoisotopic (exact) mass is 211 g/mol. The Kier molecular flexibility index (Phi) is 4.41. The lowest BCUT2D eigenvalue weighted by molar-refractivity contribution is 0.0581. The molecule has 0 saturated heterocycles. The van der Waals surface area contributed by atoms with E-state index in [4.69, 9.17) is 26.7 Å². The molecule has 1 N–H and O–H groups in total. The minimum atomic E-state index is -0.666. The van der Waals surface area contributed by atoms with Crippen LogP contribution in [0.1, 0.15) is 11.7 Å². The zero-order chi connectivity index (χ0) is 10.4. The Balaban J connectivity index is 2.75. The molecule has 0 fully saturated rings. The normalized spacial score (nSPS) is 12.1. The lowest BCUT2D eigenvalue weighted by Crippen LogP contribution is -2.05. The molecule has 0 aliphatic rings. The van der Waals surface area contributed by atoms with Gasteiger partial charge < -0.3 is 9.84 Å². The van der Waals surface area contributed by atoms with Gasteiger partial charge in [-0.15, -0.1) is 0 Å². The zero-order valence-corrected chi connectivity index (χ0v) is 8.24. The molecule has 1 aromatic rings. The standard InChI is InChI=1S/C10H10ClNO2/c11-9-3-1-2-8(6-9)10(7-12)14-5-4-13/h1-3,6,10,13H,4-5H2. The van der Waals surface area contributed by atoms with E-state index in [9.17, 15) is 0 Å². The smallest absolute Gasteiger partial charge is 0.169 e. The van der Waals surface area contributed by atoms with Crippen molar-refractivity contribution < 1.29 is 9.84 Å². The quantitative estimate of drug-likeness (QED) is 0.828. The van der Waals surface area contributed by atoms with Crippen LogP contribution in [0.2, 0.25) is 5.02 Å². The van der Waals surface area contributed by atoms with Crippen LogP contribution in [-0.4, -0.2) is 18.3 Å². The first-order valence-corrected chi connectivity index (χ1v) is 4.53. The predicted molar refractivity (Wildman–Crippen MR) is 52.8 cm³/mol. The van der Waals surface area contributed by atoms with Crippen LogP contribution in [-0.2, 0) is 4.74 Å². The van der Waals surface area contributed by atoms with Gasteiger partial charge in [-0.05, 0) is 17.7 Å². The van der Waals surface area contributed by atoms with Gasteiger partial charge in [0.15, 0.2) is 6.10 Å². The number of nitriles is 1. The van der Waals surface area contributed by atoms with Crippen molar-refractivity contribution in [2.45, 2.75) is 6.10 Å². The number of hydrogen-bond donors (Lipinski definition) is 1. The molecule has 0 aromatic heterocycles. The number of benzene rings is 1. The molecule has 0 aliphatic heterocycles. The first-order chi connectivity index (χ1) is 6.77. The largest absolute Gasteiger partial charge is 0.394 e. The summed E-state index contributed by atoms with van der Waals surface area (Å²) in [5.74, 6) is 0. The zero-order valence-electron chi connectivity index (χ0n) is 7.48. The van der Waals surface area contributed by atoms with Crippen molar-refractivity contribution in [3.63, 3.8) is 0 Å². The van der Waals surface area contributed by atoms with Gasteiger partial charge in [-0.1, -0.05) is 23.7 Å². The molecule has 1 aromatic carbocycles. The van der Waals surface area contributed by atoms with E-state index in [1.54, 1.807) is 24.3 Å². The van der Waals surface area contributed by atoms with Gasteiger partial charge in [0.2, 0.25) is 0 Å². The average molecular weight is 212 g/mol. The van der Waals surface area contributed by atoms with Crippen LogP contribution >= 0.6 is 11.6 Å². The third-order valence-corrected chi connectivity index (χ3v) is 1.88. The summed E-state index contributed by atoms with van der Waals surface area (Å²) < 4.78 is 5.11. The van der Waals surface area contributed by atoms with Crippen LogP contribution in [0.4, 0.5) is 0 Å². The first kappa shape index (κ1) is 11.0. The Labute approximate surface area is 87.5 Å². The first-order valence-electron chi connectivity index (χ1n) is 4.15. The van der Waals surface area contributed by atoms with E-state index in [0.717, 1.165) is 0 Å². The second-order valence-corrected chi connectivity index (χ2v) is 3.09. The maximum atomic E-state index is 8.80. The minimum absolute atomic E-state index is 0.0985. The van der Waals surface area contributed by atoms with Gasteiger partial charge >= 0.3 is 0 Å². The number of hydrogen-bond acceptors (Lipinski definition) is 3. The highest BCUT2D eigenvalue weighted by Crippen LogP contribution is 2.19. The SMILES string of the molecule is N#CC(OCCO)c1cccc(Cl)c1. The van der Waals surface area contributed by atoms with Crippen molar-refractivity contribution in [1.29, 1.82) is 5.26 Å². The number of rotatable bonds is 4. The van der Waals surface area contributed by atoms with E-state index in [2.05, 4.69) is 0 Å². The summed E-state index contributed by atoms with van der Waals surface area (Å²) in [5.41, 5.74) is 0.702. The Morgan fingerprint density at radius 3 is 2.93 bits per heavy atom. The number of ether oxygens (including phenoxy) is 1. The summed E-state index contributed by atoms with van der Waals surface area (Å²) in [4.78, 5) is 0. The number of aliphatic hydroxyl groups excluding tert-OH is 1. The van der Waals surface area contributed by atoms with Crippen molar-refractivity contribution in [2.24, 2.45) is 0 Å². The number of halogens is 1. The van der Waals surface area contributed by atoms with E-state index >= 15 is 0 Å². The molecule has 0 radical (unpaired) electrons. The summed E-state index contributed by atoms with van der Waals surface area (Å²) in [6, 6.07) is 8.90. The third kappa shape index (κ3) is 3.00. The van der Waals surface area contributed by atoms with Crippen LogP contribution in [0.25, 0.3) is 0 Å². The average Bonchev–Trinajstić information content (AvgIpc) is 2.19. The molecule has 4 heteroatoms.